The Morgan fingerprint density at radius 2 is 1.84 bits per heavy atom. The lowest BCUT2D eigenvalue weighted by molar-refractivity contribution is -0.107. The maximum atomic E-state index is 14.9. The predicted molar refractivity (Wildman–Crippen MR) is 138 cm³/mol. The van der Waals surface area contributed by atoms with Gasteiger partial charge in [-0.05, 0) is 47.5 Å². The van der Waals surface area contributed by atoms with Gasteiger partial charge in [-0.15, -0.1) is 0 Å². The highest BCUT2D eigenvalue weighted by Gasteiger charge is 2.33. The van der Waals surface area contributed by atoms with Crippen molar-refractivity contribution in [3.63, 3.8) is 0 Å². The minimum Gasteiger partial charge on any atom is -0.453 e. The molecule has 2 heterocycles. The second-order valence-corrected chi connectivity index (χ2v) is 9.67. The fraction of sp³-hybridized carbons (Fsp3) is 0.143. The standard InChI is InChI=1S/C28H21F4N3O2S/c29-23-15-24-22(9-10-33-24)26(38-28(30,31)32)25(23)37-21-8-2-7-19(14-21)27-34-16-20(35-27)13-18-5-1-4-17(12-18)6-3-11-36/h1-2,4-5,7-12,14-16,33H,3,6,13H2,(H,34,35). The number of fused-ring (bicyclic) bond motifs is 1. The van der Waals surface area contributed by atoms with Crippen LogP contribution in [0.4, 0.5) is 17.6 Å². The predicted octanol–water partition coefficient (Wildman–Crippen LogP) is 7.82. The van der Waals surface area contributed by atoms with E-state index in [0.717, 1.165) is 29.2 Å². The summed E-state index contributed by atoms with van der Waals surface area (Å²) in [5.74, 6) is -0.700. The number of thioether (sulfide) groups is 1. The molecule has 0 saturated carbocycles. The van der Waals surface area contributed by atoms with Gasteiger partial charge < -0.3 is 19.5 Å². The zero-order valence-corrected chi connectivity index (χ0v) is 20.6. The number of imidazole rings is 1. The number of halogens is 4. The molecule has 0 saturated heterocycles. The summed E-state index contributed by atoms with van der Waals surface area (Å²) >= 11 is -0.416. The van der Waals surface area contributed by atoms with Gasteiger partial charge in [-0.1, -0.05) is 36.4 Å². The number of nitrogens with zero attached hydrogens (tertiary/aromatic N) is 1. The largest absolute Gasteiger partial charge is 0.453 e. The van der Waals surface area contributed by atoms with Crippen molar-refractivity contribution >= 4 is 29.0 Å². The number of carbonyl (C=O) groups is 1. The summed E-state index contributed by atoms with van der Waals surface area (Å²) in [7, 11) is 0. The molecule has 5 aromatic rings. The van der Waals surface area contributed by atoms with Gasteiger partial charge in [0.1, 0.15) is 17.9 Å². The Kier molecular flexibility index (Phi) is 7.24. The maximum absolute atomic E-state index is 14.9. The van der Waals surface area contributed by atoms with Crippen LogP contribution in [0, 0.1) is 5.82 Å². The number of nitrogens with one attached hydrogen (secondary N) is 2. The maximum Gasteiger partial charge on any atom is 0.446 e. The number of aromatic amines is 2. The van der Waals surface area contributed by atoms with E-state index in [-0.39, 0.29) is 21.5 Å². The summed E-state index contributed by atoms with van der Waals surface area (Å²) in [6.07, 6.45) is 5.80. The van der Waals surface area contributed by atoms with E-state index in [1.165, 1.54) is 12.3 Å². The third-order valence-corrected chi connectivity index (χ3v) is 6.67. The Morgan fingerprint density at radius 3 is 2.66 bits per heavy atom. The number of rotatable bonds is 9. The minimum atomic E-state index is -4.63. The van der Waals surface area contributed by atoms with Gasteiger partial charge in [0.2, 0.25) is 0 Å². The molecule has 5 rings (SSSR count). The first-order chi connectivity index (χ1) is 18.3. The van der Waals surface area contributed by atoms with Crippen LogP contribution in [0.25, 0.3) is 22.3 Å². The van der Waals surface area contributed by atoms with Crippen LogP contribution in [0.15, 0.2) is 78.0 Å². The highest BCUT2D eigenvalue weighted by Crippen LogP contribution is 2.47. The Bertz CT molecular complexity index is 1590. The number of ether oxygens (including phenoxy) is 1. The van der Waals surface area contributed by atoms with E-state index < -0.39 is 28.8 Å². The van der Waals surface area contributed by atoms with Gasteiger partial charge in [0.15, 0.2) is 11.6 Å². The van der Waals surface area contributed by atoms with Crippen molar-refractivity contribution in [2.75, 3.05) is 0 Å². The van der Waals surface area contributed by atoms with Gasteiger partial charge in [-0.3, -0.25) is 0 Å². The molecule has 194 valence electrons. The van der Waals surface area contributed by atoms with Crippen LogP contribution in [-0.2, 0) is 17.6 Å². The number of hydrogen-bond acceptors (Lipinski definition) is 4. The van der Waals surface area contributed by atoms with Crippen LogP contribution in [0.1, 0.15) is 23.2 Å². The number of hydrogen-bond donors (Lipinski definition) is 2. The van der Waals surface area contributed by atoms with Crippen LogP contribution in [0.5, 0.6) is 11.5 Å². The molecule has 0 spiro atoms. The molecule has 0 atom stereocenters. The second-order valence-electron chi connectivity index (χ2n) is 8.59. The quantitative estimate of drug-likeness (QED) is 0.114. The Balaban J connectivity index is 1.39. The summed E-state index contributed by atoms with van der Waals surface area (Å²) < 4.78 is 60.5. The highest BCUT2D eigenvalue weighted by atomic mass is 32.2. The molecule has 10 heteroatoms. The molecule has 0 fully saturated rings. The Labute approximate surface area is 219 Å². The van der Waals surface area contributed by atoms with E-state index in [0.29, 0.717) is 30.7 Å². The lowest BCUT2D eigenvalue weighted by Crippen LogP contribution is -2.02. The number of aryl methyl sites for hydroxylation is 1. The zero-order chi connectivity index (χ0) is 26.7. The molecule has 38 heavy (non-hydrogen) atoms. The van der Waals surface area contributed by atoms with Crippen LogP contribution in [-0.4, -0.2) is 26.7 Å². The summed E-state index contributed by atoms with van der Waals surface area (Å²) in [5, 5.41) is 0.214. The third-order valence-electron chi connectivity index (χ3n) is 5.83. The SMILES string of the molecule is O=CCCc1cccc(Cc2cnc(-c3cccc(Oc4c(F)cc5[nH]ccc5c4SC(F)(F)F)c3)[nH]2)c1. The number of alkyl halides is 3. The van der Waals surface area contributed by atoms with Crippen molar-refractivity contribution in [2.45, 2.75) is 29.7 Å². The van der Waals surface area contributed by atoms with E-state index in [9.17, 15) is 22.4 Å². The van der Waals surface area contributed by atoms with Crippen molar-refractivity contribution in [2.24, 2.45) is 0 Å². The zero-order valence-electron chi connectivity index (χ0n) is 19.8. The third kappa shape index (κ3) is 5.91. The van der Waals surface area contributed by atoms with Gasteiger partial charge in [0.05, 0.1) is 4.90 Å². The van der Waals surface area contributed by atoms with Gasteiger partial charge in [0, 0.05) is 53.5 Å². The van der Waals surface area contributed by atoms with E-state index in [4.69, 9.17) is 4.74 Å². The van der Waals surface area contributed by atoms with E-state index in [1.54, 1.807) is 30.5 Å². The first-order valence-electron chi connectivity index (χ1n) is 11.7. The van der Waals surface area contributed by atoms with E-state index in [2.05, 4.69) is 15.0 Å². The molecule has 0 radical (unpaired) electrons. The first-order valence-corrected chi connectivity index (χ1v) is 12.5. The molecular weight excluding hydrogens is 518 g/mol. The van der Waals surface area contributed by atoms with Crippen LogP contribution >= 0.6 is 11.8 Å². The molecule has 0 unspecified atom stereocenters. The molecular formula is C28H21F4N3O2S. The second kappa shape index (κ2) is 10.7. The van der Waals surface area contributed by atoms with Crippen LogP contribution in [0.2, 0.25) is 0 Å². The summed E-state index contributed by atoms with van der Waals surface area (Å²) in [6.45, 7) is 0. The van der Waals surface area contributed by atoms with Crippen molar-refractivity contribution in [1.29, 1.82) is 0 Å². The summed E-state index contributed by atoms with van der Waals surface area (Å²) in [6, 6.07) is 17.1. The number of benzene rings is 3. The summed E-state index contributed by atoms with van der Waals surface area (Å²) in [5.41, 5.74) is -0.768. The number of carbonyl (C=O) groups excluding carboxylic acids is 1. The number of H-pyrrole nitrogens is 2. The number of aromatic nitrogens is 3. The smallest absolute Gasteiger partial charge is 0.446 e. The molecule has 3 aromatic carbocycles. The van der Waals surface area contributed by atoms with Gasteiger partial charge >= 0.3 is 5.51 Å². The highest BCUT2D eigenvalue weighted by molar-refractivity contribution is 8.00. The van der Waals surface area contributed by atoms with Gasteiger partial charge in [-0.25, -0.2) is 9.37 Å². The van der Waals surface area contributed by atoms with E-state index >= 15 is 0 Å². The van der Waals surface area contributed by atoms with Crippen molar-refractivity contribution in [3.05, 3.63) is 95.7 Å². The van der Waals surface area contributed by atoms with Gasteiger partial charge in [-0.2, -0.15) is 13.2 Å². The van der Waals surface area contributed by atoms with Crippen molar-refractivity contribution in [3.8, 4) is 22.9 Å². The fourth-order valence-corrected chi connectivity index (χ4v) is 4.95. The molecule has 0 amide bonds. The first kappa shape index (κ1) is 25.6. The fourth-order valence-electron chi connectivity index (χ4n) is 4.20. The average Bonchev–Trinajstić information content (AvgIpc) is 3.54. The molecule has 5 nitrogen and oxygen atoms in total. The van der Waals surface area contributed by atoms with Crippen molar-refractivity contribution in [1.82, 2.24) is 15.0 Å². The van der Waals surface area contributed by atoms with Crippen LogP contribution < -0.4 is 4.74 Å². The Hall–Kier alpha value is -4.05. The molecule has 0 aliphatic rings. The molecule has 0 bridgehead atoms. The minimum absolute atomic E-state index is 0.168. The average molecular weight is 540 g/mol. The lowest BCUT2D eigenvalue weighted by Gasteiger charge is -2.15. The van der Waals surface area contributed by atoms with E-state index in [1.807, 2.05) is 24.3 Å². The van der Waals surface area contributed by atoms with Crippen LogP contribution in [0.3, 0.4) is 0 Å². The molecule has 0 aliphatic carbocycles. The van der Waals surface area contributed by atoms with Gasteiger partial charge in [0.25, 0.3) is 0 Å². The molecule has 0 aliphatic heterocycles. The summed E-state index contributed by atoms with van der Waals surface area (Å²) in [4.78, 5) is 20.7. The van der Waals surface area contributed by atoms with Crippen molar-refractivity contribution < 1.29 is 27.1 Å². The lowest BCUT2D eigenvalue weighted by atomic mass is 10.0. The Morgan fingerprint density at radius 1 is 1.03 bits per heavy atom. The monoisotopic (exact) mass is 539 g/mol. The molecule has 2 aromatic heterocycles. The normalized spacial score (nSPS) is 11.7. The number of aldehydes is 1. The topological polar surface area (TPSA) is 70.8 Å². The molecule has 2 N–H and O–H groups in total.